The highest BCUT2D eigenvalue weighted by molar-refractivity contribution is 6.24. The van der Waals surface area contributed by atoms with E-state index in [0.717, 1.165) is 19.3 Å². The number of esters is 1. The number of carbonyl (C=O) groups is 3. The summed E-state index contributed by atoms with van der Waals surface area (Å²) in [6, 6.07) is 0. The number of Topliss-reactive ketones (excluding diaryl/α,β-unsaturated/α-hetero) is 1. The van der Waals surface area contributed by atoms with Gasteiger partial charge in [0.05, 0.1) is 6.26 Å². The normalized spacial score (nSPS) is 23.3. The largest absolute Gasteiger partial charge is 0.469 e. The molecule has 0 radical (unpaired) electrons. The Morgan fingerprint density at radius 1 is 1.04 bits per heavy atom. The van der Waals surface area contributed by atoms with Gasteiger partial charge < -0.3 is 9.47 Å². The Morgan fingerprint density at radius 2 is 1.71 bits per heavy atom. The maximum absolute atomic E-state index is 12.9. The number of ether oxygens (including phenoxy) is 2. The molecule has 0 amide bonds. The number of allylic oxidation sites excluding steroid dienone is 3. The molecular formula is C23H28O5. The van der Waals surface area contributed by atoms with E-state index in [9.17, 15) is 14.4 Å². The molecule has 2 aliphatic heterocycles. The summed E-state index contributed by atoms with van der Waals surface area (Å²) < 4.78 is 10.9. The molecule has 5 nitrogen and oxygen atoms in total. The van der Waals surface area contributed by atoms with E-state index in [4.69, 9.17) is 9.47 Å². The van der Waals surface area contributed by atoms with E-state index in [-0.39, 0.29) is 23.6 Å². The summed E-state index contributed by atoms with van der Waals surface area (Å²) in [6.45, 7) is 5.52. The summed E-state index contributed by atoms with van der Waals surface area (Å²) in [5.41, 5.74) is 0.161. The summed E-state index contributed by atoms with van der Waals surface area (Å²) >= 11 is 0. The van der Waals surface area contributed by atoms with Crippen LogP contribution in [0.25, 0.3) is 0 Å². The van der Waals surface area contributed by atoms with Crippen LogP contribution in [0.3, 0.4) is 0 Å². The van der Waals surface area contributed by atoms with Crippen LogP contribution in [0.1, 0.15) is 72.1 Å². The smallest absolute Gasteiger partial charge is 0.343 e. The molecule has 1 unspecified atom stereocenters. The molecule has 3 aliphatic rings. The first-order chi connectivity index (χ1) is 13.4. The number of unbranched alkanes of at least 4 members (excludes halogenated alkanes) is 6. The minimum Gasteiger partial charge on any atom is -0.469 e. The first-order valence-electron chi connectivity index (χ1n) is 10.2. The topological polar surface area (TPSA) is 69.7 Å². The molecule has 0 N–H and O–H groups in total. The number of carbonyl (C=O) groups excluding carboxylic acids is 3. The Morgan fingerprint density at radius 3 is 2.43 bits per heavy atom. The molecule has 0 fully saturated rings. The molecular weight excluding hydrogens is 356 g/mol. The van der Waals surface area contributed by atoms with Crippen molar-refractivity contribution >= 4 is 17.5 Å². The van der Waals surface area contributed by atoms with Crippen molar-refractivity contribution in [2.75, 3.05) is 0 Å². The lowest BCUT2D eigenvalue weighted by molar-refractivity contribution is -0.152. The number of rotatable bonds is 9. The van der Waals surface area contributed by atoms with Crippen LogP contribution in [0.5, 0.6) is 0 Å². The fraction of sp³-hybridized carbons (Fsp3) is 0.522. The van der Waals surface area contributed by atoms with Gasteiger partial charge in [0, 0.05) is 17.6 Å². The molecule has 0 saturated carbocycles. The Kier molecular flexibility index (Phi) is 6.01. The van der Waals surface area contributed by atoms with Gasteiger partial charge in [0.15, 0.2) is 11.4 Å². The Bertz CT molecular complexity index is 824. The summed E-state index contributed by atoms with van der Waals surface area (Å²) in [6.07, 6.45) is 12.6. The highest BCUT2D eigenvalue weighted by atomic mass is 16.6. The molecule has 1 atom stereocenters. The molecule has 0 spiro atoms. The minimum absolute atomic E-state index is 0.00948. The second kappa shape index (κ2) is 8.29. The molecule has 0 aromatic rings. The molecule has 150 valence electrons. The predicted molar refractivity (Wildman–Crippen MR) is 105 cm³/mol. The van der Waals surface area contributed by atoms with Crippen molar-refractivity contribution < 1.29 is 23.9 Å². The van der Waals surface area contributed by atoms with E-state index in [1.54, 1.807) is 19.9 Å². The Hall–Kier alpha value is -2.43. The quantitative estimate of drug-likeness (QED) is 0.329. The lowest BCUT2D eigenvalue weighted by atomic mass is 9.75. The van der Waals surface area contributed by atoms with E-state index >= 15 is 0 Å². The Labute approximate surface area is 166 Å². The summed E-state index contributed by atoms with van der Waals surface area (Å²) in [5.74, 6) is -0.639. The van der Waals surface area contributed by atoms with E-state index in [1.165, 1.54) is 38.0 Å². The molecule has 0 bridgehead atoms. The van der Waals surface area contributed by atoms with Crippen molar-refractivity contribution in [2.24, 2.45) is 0 Å². The maximum atomic E-state index is 12.9. The van der Waals surface area contributed by atoms with E-state index in [2.05, 4.69) is 6.92 Å². The summed E-state index contributed by atoms with van der Waals surface area (Å²) in [5, 5.41) is 0. The predicted octanol–water partition coefficient (Wildman–Crippen LogP) is 4.64. The molecule has 28 heavy (non-hydrogen) atoms. The second-order valence-electron chi connectivity index (χ2n) is 7.84. The lowest BCUT2D eigenvalue weighted by Gasteiger charge is -2.31. The van der Waals surface area contributed by atoms with Crippen molar-refractivity contribution in [2.45, 2.75) is 77.7 Å². The molecule has 0 aromatic heterocycles. The van der Waals surface area contributed by atoms with Crippen molar-refractivity contribution in [3.05, 3.63) is 46.5 Å². The highest BCUT2D eigenvalue weighted by Gasteiger charge is 2.54. The second-order valence-corrected chi connectivity index (χ2v) is 7.84. The van der Waals surface area contributed by atoms with Crippen molar-refractivity contribution in [1.82, 2.24) is 0 Å². The summed E-state index contributed by atoms with van der Waals surface area (Å²) in [4.78, 5) is 38.0. The molecule has 1 aliphatic carbocycles. The van der Waals surface area contributed by atoms with Crippen molar-refractivity contribution in [3.8, 4) is 0 Å². The monoisotopic (exact) mass is 384 g/mol. The van der Waals surface area contributed by atoms with E-state index in [0.29, 0.717) is 22.5 Å². The first kappa shape index (κ1) is 20.3. The molecule has 0 aromatic carbocycles. The fourth-order valence-corrected chi connectivity index (χ4v) is 3.97. The third-order valence-electron chi connectivity index (χ3n) is 5.57. The van der Waals surface area contributed by atoms with Crippen LogP contribution in [-0.4, -0.2) is 23.1 Å². The van der Waals surface area contributed by atoms with Crippen LogP contribution < -0.4 is 0 Å². The van der Waals surface area contributed by atoms with Gasteiger partial charge in [0.25, 0.3) is 0 Å². The fourth-order valence-electron chi connectivity index (χ4n) is 3.97. The van der Waals surface area contributed by atoms with Gasteiger partial charge in [-0.25, -0.2) is 4.79 Å². The van der Waals surface area contributed by atoms with Gasteiger partial charge in [0.2, 0.25) is 5.78 Å². The molecule has 0 saturated heterocycles. The number of hydrogen-bond acceptors (Lipinski definition) is 5. The van der Waals surface area contributed by atoms with Gasteiger partial charge in [-0.2, -0.15) is 0 Å². The van der Waals surface area contributed by atoms with Gasteiger partial charge in [-0.05, 0) is 38.0 Å². The zero-order valence-corrected chi connectivity index (χ0v) is 16.9. The average Bonchev–Trinajstić information content (AvgIpc) is 2.93. The van der Waals surface area contributed by atoms with Gasteiger partial charge >= 0.3 is 5.97 Å². The van der Waals surface area contributed by atoms with Crippen molar-refractivity contribution in [1.29, 1.82) is 0 Å². The third kappa shape index (κ3) is 3.75. The van der Waals surface area contributed by atoms with Crippen LogP contribution in [0, 0.1) is 0 Å². The molecule has 5 heteroatoms. The van der Waals surface area contributed by atoms with Gasteiger partial charge in [-0.15, -0.1) is 0 Å². The zero-order valence-electron chi connectivity index (χ0n) is 16.9. The number of ketones is 2. The van der Waals surface area contributed by atoms with Gasteiger partial charge in [0.1, 0.15) is 11.3 Å². The van der Waals surface area contributed by atoms with Crippen LogP contribution >= 0.6 is 0 Å². The average molecular weight is 384 g/mol. The molecule has 2 heterocycles. The zero-order chi connectivity index (χ0) is 20.3. The van der Waals surface area contributed by atoms with Crippen molar-refractivity contribution in [3.63, 3.8) is 0 Å². The van der Waals surface area contributed by atoms with E-state index < -0.39 is 11.6 Å². The van der Waals surface area contributed by atoms with Gasteiger partial charge in [-0.1, -0.05) is 45.4 Å². The van der Waals surface area contributed by atoms with Crippen LogP contribution in [0.4, 0.5) is 0 Å². The van der Waals surface area contributed by atoms with Crippen LogP contribution in [-0.2, 0) is 23.9 Å². The SMILES string of the molecule is CCCCCCCCCC(=O)C1=C2C3=COC(C)=CC3=CC(=O)C2(C)OC1=O. The lowest BCUT2D eigenvalue weighted by Crippen LogP contribution is -2.40. The van der Waals surface area contributed by atoms with Crippen LogP contribution in [0.15, 0.2) is 46.5 Å². The van der Waals surface area contributed by atoms with Crippen LogP contribution in [0.2, 0.25) is 0 Å². The summed E-state index contributed by atoms with van der Waals surface area (Å²) in [7, 11) is 0. The number of hydrogen-bond donors (Lipinski definition) is 0. The first-order valence-corrected chi connectivity index (χ1v) is 10.2. The van der Waals surface area contributed by atoms with E-state index in [1.807, 2.05) is 0 Å². The third-order valence-corrected chi connectivity index (χ3v) is 5.57. The maximum Gasteiger partial charge on any atom is 0.343 e. The molecule has 3 rings (SSSR count). The Balaban J connectivity index is 1.77. The minimum atomic E-state index is -1.44. The van der Waals surface area contributed by atoms with Gasteiger partial charge in [-0.3, -0.25) is 9.59 Å². The standard InChI is InChI=1S/C23H28O5/c1-4-5-6-7-8-9-10-11-18(24)20-21-17-14-27-15(2)12-16(17)13-19(25)23(21,3)28-22(20)26/h12-14H,4-11H2,1-3H3. The highest BCUT2D eigenvalue weighted by Crippen LogP contribution is 2.46. The number of fused-ring (bicyclic) bond motifs is 3.